The van der Waals surface area contributed by atoms with Crippen LogP contribution in [0.15, 0.2) is 24.2 Å². The molecule has 0 aliphatic carbocycles. The molecule has 0 aliphatic rings. The predicted molar refractivity (Wildman–Crippen MR) is 98.4 cm³/mol. The van der Waals surface area contributed by atoms with E-state index in [1.54, 1.807) is 7.11 Å². The summed E-state index contributed by atoms with van der Waals surface area (Å²) in [5.74, 6) is 2.12. The van der Waals surface area contributed by atoms with Crippen LogP contribution in [-0.4, -0.2) is 26.4 Å². The van der Waals surface area contributed by atoms with Crippen molar-refractivity contribution < 1.29 is 14.2 Å². The van der Waals surface area contributed by atoms with Crippen molar-refractivity contribution in [3.63, 3.8) is 0 Å². The van der Waals surface area contributed by atoms with Gasteiger partial charge in [0.2, 0.25) is 0 Å². The zero-order valence-electron chi connectivity index (χ0n) is 16.0. The van der Waals surface area contributed by atoms with Crippen LogP contribution in [0.4, 0.5) is 0 Å². The predicted octanol–water partition coefficient (Wildman–Crippen LogP) is 5.86. The quantitative estimate of drug-likeness (QED) is 0.279. The van der Waals surface area contributed by atoms with Crippen molar-refractivity contribution in [1.82, 2.24) is 0 Å². The van der Waals surface area contributed by atoms with E-state index in [0.29, 0.717) is 12.3 Å². The third kappa shape index (κ3) is 12.2. The molecule has 0 spiro atoms. The summed E-state index contributed by atoms with van der Waals surface area (Å²) in [6.07, 6.45) is 9.65. The van der Waals surface area contributed by atoms with Gasteiger partial charge < -0.3 is 14.2 Å². The van der Waals surface area contributed by atoms with Gasteiger partial charge in [0.15, 0.2) is 0 Å². The van der Waals surface area contributed by atoms with Gasteiger partial charge in [0.25, 0.3) is 0 Å². The third-order valence-corrected chi connectivity index (χ3v) is 3.63. The molecular weight excluding hydrogens is 288 g/mol. The van der Waals surface area contributed by atoms with Gasteiger partial charge in [0.1, 0.15) is 11.9 Å². The molecule has 1 atom stereocenters. The van der Waals surface area contributed by atoms with E-state index in [1.165, 1.54) is 19.3 Å². The van der Waals surface area contributed by atoms with Gasteiger partial charge in [-0.2, -0.15) is 0 Å². The largest absolute Gasteiger partial charge is 0.501 e. The lowest BCUT2D eigenvalue weighted by molar-refractivity contribution is 0.0208. The van der Waals surface area contributed by atoms with E-state index in [-0.39, 0.29) is 6.10 Å². The van der Waals surface area contributed by atoms with Crippen LogP contribution in [0.5, 0.6) is 0 Å². The third-order valence-electron chi connectivity index (χ3n) is 3.63. The lowest BCUT2D eigenvalue weighted by Crippen LogP contribution is -2.20. The van der Waals surface area contributed by atoms with Crippen LogP contribution in [0.2, 0.25) is 0 Å². The second-order valence-electron chi connectivity index (χ2n) is 6.37. The average molecular weight is 327 g/mol. The molecule has 3 nitrogen and oxygen atoms in total. The highest BCUT2D eigenvalue weighted by Crippen LogP contribution is 2.19. The van der Waals surface area contributed by atoms with Crippen LogP contribution in [0.25, 0.3) is 0 Å². The Kier molecular flexibility index (Phi) is 14.0. The van der Waals surface area contributed by atoms with E-state index in [4.69, 9.17) is 14.2 Å². The normalized spacial score (nSPS) is 13.2. The Morgan fingerprint density at radius 1 is 1.00 bits per heavy atom. The fourth-order valence-corrected chi connectivity index (χ4v) is 2.23. The Labute approximate surface area is 144 Å². The first kappa shape index (κ1) is 22.0. The van der Waals surface area contributed by atoms with Crippen LogP contribution >= 0.6 is 0 Å². The molecule has 0 radical (unpaired) electrons. The van der Waals surface area contributed by atoms with Gasteiger partial charge in [0, 0.05) is 13.0 Å². The zero-order valence-corrected chi connectivity index (χ0v) is 16.0. The van der Waals surface area contributed by atoms with Crippen molar-refractivity contribution in [2.24, 2.45) is 5.92 Å². The highest BCUT2D eigenvalue weighted by molar-refractivity contribution is 5.04. The van der Waals surface area contributed by atoms with Crippen molar-refractivity contribution in [2.75, 3.05) is 20.3 Å². The zero-order chi connectivity index (χ0) is 17.5. The van der Waals surface area contributed by atoms with Gasteiger partial charge in [-0.3, -0.25) is 0 Å². The Morgan fingerprint density at radius 2 is 1.70 bits per heavy atom. The fraction of sp³-hybridized carbons (Fsp3) is 0.800. The number of ether oxygens (including phenoxy) is 3. The minimum absolute atomic E-state index is 0.127. The number of unbranched alkanes of at least 4 members (excludes halogenated alkanes) is 4. The summed E-state index contributed by atoms with van der Waals surface area (Å²) >= 11 is 0. The van der Waals surface area contributed by atoms with Gasteiger partial charge >= 0.3 is 0 Å². The highest BCUT2D eigenvalue weighted by atomic mass is 16.5. The molecule has 136 valence electrons. The van der Waals surface area contributed by atoms with E-state index >= 15 is 0 Å². The van der Waals surface area contributed by atoms with Crippen LogP contribution in [0.3, 0.4) is 0 Å². The molecule has 0 aliphatic heterocycles. The molecule has 0 fully saturated rings. The van der Waals surface area contributed by atoms with Crippen LogP contribution in [0.1, 0.15) is 72.6 Å². The Hall–Kier alpha value is -0.960. The van der Waals surface area contributed by atoms with Crippen molar-refractivity contribution in [3.05, 3.63) is 24.2 Å². The monoisotopic (exact) mass is 326 g/mol. The number of allylic oxidation sites excluding steroid dienone is 1. The van der Waals surface area contributed by atoms with E-state index in [1.807, 2.05) is 0 Å². The SMILES string of the molecule is C=C(OCCCCCC)C(C/C(=C/C(C)C)OC)OCCCC. The molecule has 0 heterocycles. The summed E-state index contributed by atoms with van der Waals surface area (Å²) in [5, 5.41) is 0. The molecule has 23 heavy (non-hydrogen) atoms. The smallest absolute Gasteiger partial charge is 0.121 e. The fourth-order valence-electron chi connectivity index (χ4n) is 2.23. The highest BCUT2D eigenvalue weighted by Gasteiger charge is 2.18. The lowest BCUT2D eigenvalue weighted by Gasteiger charge is -2.22. The standard InChI is InChI=1S/C20H38O3/c1-7-9-11-12-14-22-18(5)20(23-13-10-8-2)16-19(21-6)15-17(3)4/h15,17,20H,5,7-14,16H2,1-4,6H3/b19-15-. The van der Waals surface area contributed by atoms with E-state index in [9.17, 15) is 0 Å². The van der Waals surface area contributed by atoms with Crippen LogP contribution in [0, 0.1) is 5.92 Å². The summed E-state index contributed by atoms with van der Waals surface area (Å²) in [4.78, 5) is 0. The van der Waals surface area contributed by atoms with Gasteiger partial charge in [0.05, 0.1) is 19.5 Å². The topological polar surface area (TPSA) is 27.7 Å². The number of rotatable bonds is 15. The van der Waals surface area contributed by atoms with E-state index in [0.717, 1.165) is 44.0 Å². The second kappa shape index (κ2) is 14.6. The number of methoxy groups -OCH3 is 1. The molecule has 0 aromatic rings. The average Bonchev–Trinajstić information content (AvgIpc) is 2.52. The molecule has 0 saturated heterocycles. The van der Waals surface area contributed by atoms with Crippen LogP contribution < -0.4 is 0 Å². The maximum atomic E-state index is 5.99. The maximum Gasteiger partial charge on any atom is 0.121 e. The molecule has 0 N–H and O–H groups in total. The van der Waals surface area contributed by atoms with Gasteiger partial charge in [-0.05, 0) is 24.8 Å². The second-order valence-corrected chi connectivity index (χ2v) is 6.37. The summed E-state index contributed by atoms with van der Waals surface area (Å²) < 4.78 is 17.3. The summed E-state index contributed by atoms with van der Waals surface area (Å²) in [6, 6.07) is 0. The van der Waals surface area contributed by atoms with Crippen molar-refractivity contribution >= 4 is 0 Å². The Morgan fingerprint density at radius 3 is 2.26 bits per heavy atom. The minimum Gasteiger partial charge on any atom is -0.501 e. The first-order valence-electron chi connectivity index (χ1n) is 9.22. The summed E-state index contributed by atoms with van der Waals surface area (Å²) in [6.45, 7) is 14.2. The molecule has 0 saturated carbocycles. The minimum atomic E-state index is -0.127. The van der Waals surface area contributed by atoms with Gasteiger partial charge in [-0.25, -0.2) is 0 Å². The first-order valence-corrected chi connectivity index (χ1v) is 9.22. The van der Waals surface area contributed by atoms with Gasteiger partial charge in [-0.15, -0.1) is 0 Å². The Bertz CT molecular complexity index is 321. The van der Waals surface area contributed by atoms with Crippen molar-refractivity contribution in [1.29, 1.82) is 0 Å². The van der Waals surface area contributed by atoms with Gasteiger partial charge in [-0.1, -0.05) is 60.0 Å². The summed E-state index contributed by atoms with van der Waals surface area (Å²) in [5.41, 5.74) is 0. The summed E-state index contributed by atoms with van der Waals surface area (Å²) in [7, 11) is 1.71. The van der Waals surface area contributed by atoms with Crippen LogP contribution in [-0.2, 0) is 14.2 Å². The Balaban J connectivity index is 4.49. The first-order chi connectivity index (χ1) is 11.0. The molecule has 1 unspecified atom stereocenters. The maximum absolute atomic E-state index is 5.99. The molecule has 3 heteroatoms. The van der Waals surface area contributed by atoms with Crippen molar-refractivity contribution in [2.45, 2.75) is 78.7 Å². The molecule has 0 amide bonds. The molecule has 0 bridgehead atoms. The van der Waals surface area contributed by atoms with Crippen molar-refractivity contribution in [3.8, 4) is 0 Å². The van der Waals surface area contributed by atoms with E-state index < -0.39 is 0 Å². The molecule has 0 rings (SSSR count). The molecule has 0 aromatic heterocycles. The lowest BCUT2D eigenvalue weighted by atomic mass is 10.1. The molecular formula is C20H38O3. The number of hydrogen-bond acceptors (Lipinski definition) is 3. The van der Waals surface area contributed by atoms with E-state index in [2.05, 4.69) is 40.3 Å². The molecule has 0 aromatic carbocycles. The number of hydrogen-bond donors (Lipinski definition) is 0.